The van der Waals surface area contributed by atoms with E-state index in [-0.39, 0.29) is 17.7 Å². The molecule has 3 rings (SSSR count). The van der Waals surface area contributed by atoms with Gasteiger partial charge in [0.25, 0.3) is 5.91 Å². The average Bonchev–Trinajstić information content (AvgIpc) is 2.65. The molecule has 0 spiro atoms. The van der Waals surface area contributed by atoms with E-state index in [0.29, 0.717) is 18.8 Å². The molecule has 0 saturated heterocycles. The van der Waals surface area contributed by atoms with Crippen molar-refractivity contribution in [3.63, 3.8) is 0 Å². The third-order valence-corrected chi connectivity index (χ3v) is 4.53. The average molecular weight is 368 g/mol. The Labute approximate surface area is 158 Å². The molecule has 2 N–H and O–H groups in total. The SMILES string of the molecule is CCOc1ccc(OCc2ccc(C(=O)NNC(=O)C3CCC3)cc2)cc1. The molecule has 142 valence electrons. The van der Waals surface area contributed by atoms with Crippen molar-refractivity contribution in [2.45, 2.75) is 32.8 Å². The zero-order valence-corrected chi connectivity index (χ0v) is 15.4. The second-order valence-electron chi connectivity index (χ2n) is 6.46. The van der Waals surface area contributed by atoms with Crippen LogP contribution in [-0.2, 0) is 11.4 Å². The van der Waals surface area contributed by atoms with E-state index in [1.54, 1.807) is 12.1 Å². The molecular formula is C21H24N2O4. The number of carbonyl (C=O) groups excluding carboxylic acids is 2. The second-order valence-corrected chi connectivity index (χ2v) is 6.46. The van der Waals surface area contributed by atoms with Crippen LogP contribution in [0.15, 0.2) is 48.5 Å². The predicted octanol–water partition coefficient (Wildman–Crippen LogP) is 3.23. The van der Waals surface area contributed by atoms with Gasteiger partial charge in [-0.3, -0.25) is 20.4 Å². The Kier molecular flexibility index (Phi) is 6.30. The van der Waals surface area contributed by atoms with E-state index < -0.39 is 0 Å². The minimum Gasteiger partial charge on any atom is -0.494 e. The molecule has 0 bridgehead atoms. The van der Waals surface area contributed by atoms with Gasteiger partial charge in [-0.25, -0.2) is 0 Å². The Hall–Kier alpha value is -3.02. The summed E-state index contributed by atoms with van der Waals surface area (Å²) in [5.74, 6) is 1.15. The number of benzene rings is 2. The molecule has 0 aliphatic heterocycles. The molecule has 0 heterocycles. The summed E-state index contributed by atoms with van der Waals surface area (Å²) in [6, 6.07) is 14.5. The topological polar surface area (TPSA) is 76.7 Å². The van der Waals surface area contributed by atoms with Crippen molar-refractivity contribution in [2.24, 2.45) is 5.92 Å². The third kappa shape index (κ3) is 5.23. The van der Waals surface area contributed by atoms with Crippen LogP contribution in [-0.4, -0.2) is 18.4 Å². The van der Waals surface area contributed by atoms with E-state index in [2.05, 4.69) is 10.9 Å². The van der Waals surface area contributed by atoms with Gasteiger partial charge < -0.3 is 9.47 Å². The van der Waals surface area contributed by atoms with Crippen molar-refractivity contribution in [3.8, 4) is 11.5 Å². The zero-order chi connectivity index (χ0) is 19.1. The van der Waals surface area contributed by atoms with Crippen molar-refractivity contribution < 1.29 is 19.1 Å². The fourth-order valence-electron chi connectivity index (χ4n) is 2.68. The van der Waals surface area contributed by atoms with E-state index in [1.165, 1.54) is 0 Å². The minimum atomic E-state index is -0.332. The van der Waals surface area contributed by atoms with Crippen LogP contribution in [0.2, 0.25) is 0 Å². The molecule has 0 aromatic heterocycles. The van der Waals surface area contributed by atoms with Gasteiger partial charge in [-0.05, 0) is 61.7 Å². The monoisotopic (exact) mass is 368 g/mol. The van der Waals surface area contributed by atoms with Gasteiger partial charge in [-0.1, -0.05) is 18.6 Å². The Morgan fingerprint density at radius 2 is 1.56 bits per heavy atom. The summed E-state index contributed by atoms with van der Waals surface area (Å²) in [5.41, 5.74) is 6.37. The van der Waals surface area contributed by atoms with Crippen molar-refractivity contribution >= 4 is 11.8 Å². The maximum absolute atomic E-state index is 12.1. The lowest BCUT2D eigenvalue weighted by atomic mass is 9.85. The van der Waals surface area contributed by atoms with Gasteiger partial charge in [-0.15, -0.1) is 0 Å². The first-order chi connectivity index (χ1) is 13.2. The van der Waals surface area contributed by atoms with Crippen LogP contribution < -0.4 is 20.3 Å². The first-order valence-corrected chi connectivity index (χ1v) is 9.20. The van der Waals surface area contributed by atoms with Gasteiger partial charge in [0.05, 0.1) is 6.61 Å². The molecule has 0 atom stereocenters. The lowest BCUT2D eigenvalue weighted by Crippen LogP contribution is -2.46. The van der Waals surface area contributed by atoms with Crippen LogP contribution in [0.3, 0.4) is 0 Å². The standard InChI is InChI=1S/C21H24N2O4/c1-2-26-18-10-12-19(13-11-18)27-14-15-6-8-17(9-7-15)21(25)23-22-20(24)16-4-3-5-16/h6-13,16H,2-5,14H2,1H3,(H,22,24)(H,23,25). The molecule has 2 amide bonds. The van der Waals surface area contributed by atoms with Crippen molar-refractivity contribution in [1.29, 1.82) is 0 Å². The number of ether oxygens (including phenoxy) is 2. The fourth-order valence-corrected chi connectivity index (χ4v) is 2.68. The van der Waals surface area contributed by atoms with Crippen molar-refractivity contribution in [1.82, 2.24) is 10.9 Å². The molecule has 1 aliphatic carbocycles. The maximum atomic E-state index is 12.1. The number of hydrogen-bond donors (Lipinski definition) is 2. The minimum absolute atomic E-state index is 0.0347. The molecule has 27 heavy (non-hydrogen) atoms. The highest BCUT2D eigenvalue weighted by Gasteiger charge is 2.25. The summed E-state index contributed by atoms with van der Waals surface area (Å²) in [4.78, 5) is 23.8. The molecular weight excluding hydrogens is 344 g/mol. The van der Waals surface area contributed by atoms with Crippen LogP contribution in [0.25, 0.3) is 0 Å². The van der Waals surface area contributed by atoms with E-state index >= 15 is 0 Å². The predicted molar refractivity (Wildman–Crippen MR) is 101 cm³/mol. The summed E-state index contributed by atoms with van der Waals surface area (Å²) in [5, 5.41) is 0. The zero-order valence-electron chi connectivity index (χ0n) is 15.4. The van der Waals surface area contributed by atoms with Crippen LogP contribution in [0.5, 0.6) is 11.5 Å². The molecule has 2 aromatic carbocycles. The highest BCUT2D eigenvalue weighted by molar-refractivity contribution is 5.95. The smallest absolute Gasteiger partial charge is 0.269 e. The lowest BCUT2D eigenvalue weighted by Gasteiger charge is -2.23. The second kappa shape index (κ2) is 9.07. The first kappa shape index (κ1) is 18.8. The van der Waals surface area contributed by atoms with Gasteiger partial charge in [-0.2, -0.15) is 0 Å². The van der Waals surface area contributed by atoms with Gasteiger partial charge >= 0.3 is 0 Å². The van der Waals surface area contributed by atoms with Crippen LogP contribution in [0, 0.1) is 5.92 Å². The highest BCUT2D eigenvalue weighted by Crippen LogP contribution is 2.25. The molecule has 6 nitrogen and oxygen atoms in total. The van der Waals surface area contributed by atoms with Crippen molar-refractivity contribution in [3.05, 3.63) is 59.7 Å². The Bertz CT molecular complexity index is 768. The van der Waals surface area contributed by atoms with E-state index in [9.17, 15) is 9.59 Å². The van der Waals surface area contributed by atoms with Crippen LogP contribution in [0.1, 0.15) is 42.1 Å². The summed E-state index contributed by atoms with van der Waals surface area (Å²) in [7, 11) is 0. The van der Waals surface area contributed by atoms with E-state index in [0.717, 1.165) is 36.3 Å². The quantitative estimate of drug-likeness (QED) is 0.736. The Balaban J connectivity index is 1.46. The number of amides is 2. The highest BCUT2D eigenvalue weighted by atomic mass is 16.5. The lowest BCUT2D eigenvalue weighted by molar-refractivity contribution is -0.128. The van der Waals surface area contributed by atoms with Gasteiger partial charge in [0.15, 0.2) is 0 Å². The van der Waals surface area contributed by atoms with Crippen molar-refractivity contribution in [2.75, 3.05) is 6.61 Å². The van der Waals surface area contributed by atoms with E-state index in [1.807, 2.05) is 43.3 Å². The normalized spacial score (nSPS) is 13.4. The number of carbonyl (C=O) groups is 2. The van der Waals surface area contributed by atoms with E-state index in [4.69, 9.17) is 9.47 Å². The fraction of sp³-hybridized carbons (Fsp3) is 0.333. The molecule has 1 fully saturated rings. The Morgan fingerprint density at radius 1 is 0.926 bits per heavy atom. The largest absolute Gasteiger partial charge is 0.494 e. The molecule has 1 saturated carbocycles. The molecule has 1 aliphatic rings. The summed E-state index contributed by atoms with van der Waals surface area (Å²) < 4.78 is 11.1. The van der Waals surface area contributed by atoms with Gasteiger partial charge in [0.1, 0.15) is 18.1 Å². The van der Waals surface area contributed by atoms with Gasteiger partial charge in [0.2, 0.25) is 5.91 Å². The molecule has 6 heteroatoms. The maximum Gasteiger partial charge on any atom is 0.269 e. The van der Waals surface area contributed by atoms with Gasteiger partial charge in [0, 0.05) is 11.5 Å². The third-order valence-electron chi connectivity index (χ3n) is 4.53. The first-order valence-electron chi connectivity index (χ1n) is 9.20. The van der Waals surface area contributed by atoms with Crippen LogP contribution in [0.4, 0.5) is 0 Å². The molecule has 0 radical (unpaired) electrons. The Morgan fingerprint density at radius 3 is 2.11 bits per heavy atom. The summed E-state index contributed by atoms with van der Waals surface area (Å²) in [6.45, 7) is 2.97. The van der Waals surface area contributed by atoms with Crippen LogP contribution >= 0.6 is 0 Å². The summed E-state index contributed by atoms with van der Waals surface area (Å²) >= 11 is 0. The number of hydrazine groups is 1. The number of hydrogen-bond acceptors (Lipinski definition) is 4. The summed E-state index contributed by atoms with van der Waals surface area (Å²) in [6.07, 6.45) is 2.86. The molecule has 0 unspecified atom stereocenters. The molecule has 2 aromatic rings. The number of nitrogens with one attached hydrogen (secondary N) is 2. The number of rotatable bonds is 7.